The van der Waals surface area contributed by atoms with Gasteiger partial charge in [0.25, 0.3) is 0 Å². The van der Waals surface area contributed by atoms with Gasteiger partial charge in [0.2, 0.25) is 0 Å². The van der Waals surface area contributed by atoms with Crippen molar-refractivity contribution in [3.05, 3.63) is 70.8 Å². The Labute approximate surface area is 132 Å². The molecule has 2 aromatic carbocycles. The molecular weight excluding hydrogens is 268 g/mol. The number of hydrogen-bond donors (Lipinski definition) is 1. The van der Waals surface area contributed by atoms with Gasteiger partial charge < -0.3 is 5.32 Å². The molecule has 0 aromatic heterocycles. The highest BCUT2D eigenvalue weighted by Crippen LogP contribution is 2.59. The highest BCUT2D eigenvalue weighted by molar-refractivity contribution is 5.91. The molecule has 2 nitrogen and oxygen atoms in total. The fraction of sp³-hybridized carbons (Fsp3) is 0.350. The molecule has 1 aliphatic heterocycles. The first kappa shape index (κ1) is 13.6. The minimum atomic E-state index is 0.109. The van der Waals surface area contributed by atoms with Crippen LogP contribution in [0.4, 0.5) is 0 Å². The zero-order valence-corrected chi connectivity index (χ0v) is 13.3. The second-order valence-electron chi connectivity index (χ2n) is 6.65. The first-order chi connectivity index (χ1) is 10.7. The van der Waals surface area contributed by atoms with Gasteiger partial charge in [-0.3, -0.25) is 4.99 Å². The van der Waals surface area contributed by atoms with Crippen LogP contribution in [0.15, 0.2) is 53.5 Å². The molecule has 4 rings (SSSR count). The van der Waals surface area contributed by atoms with Crippen molar-refractivity contribution < 1.29 is 0 Å². The lowest BCUT2D eigenvalue weighted by molar-refractivity contribution is 0.794. The van der Waals surface area contributed by atoms with Crippen LogP contribution in [-0.4, -0.2) is 18.9 Å². The maximum absolute atomic E-state index is 4.68. The minimum absolute atomic E-state index is 0.109. The van der Waals surface area contributed by atoms with Gasteiger partial charge >= 0.3 is 0 Å². The van der Waals surface area contributed by atoms with E-state index in [0.29, 0.717) is 5.92 Å². The summed E-state index contributed by atoms with van der Waals surface area (Å²) < 4.78 is 0. The molecule has 22 heavy (non-hydrogen) atoms. The number of hydrogen-bond acceptors (Lipinski definition) is 2. The Kier molecular flexibility index (Phi) is 3.07. The summed E-state index contributed by atoms with van der Waals surface area (Å²) in [6.45, 7) is 6.21. The topological polar surface area (TPSA) is 24.4 Å². The van der Waals surface area contributed by atoms with Crippen molar-refractivity contribution in [1.82, 2.24) is 5.32 Å². The normalized spacial score (nSPS) is 22.1. The molecule has 0 spiro atoms. The Bertz CT molecular complexity index is 665. The summed E-state index contributed by atoms with van der Waals surface area (Å²) in [5, 5.41) is 3.49. The highest BCUT2D eigenvalue weighted by Gasteiger charge is 2.59. The molecule has 0 radical (unpaired) electrons. The van der Waals surface area contributed by atoms with Gasteiger partial charge in [0, 0.05) is 17.9 Å². The van der Waals surface area contributed by atoms with Crippen molar-refractivity contribution in [3.8, 4) is 0 Å². The van der Waals surface area contributed by atoms with Crippen LogP contribution in [0.2, 0.25) is 0 Å². The third-order valence-corrected chi connectivity index (χ3v) is 5.12. The minimum Gasteiger partial charge on any atom is -0.372 e. The monoisotopic (exact) mass is 290 g/mol. The van der Waals surface area contributed by atoms with Gasteiger partial charge in [-0.2, -0.15) is 0 Å². The first-order valence-corrected chi connectivity index (χ1v) is 8.13. The second kappa shape index (κ2) is 4.98. The molecule has 2 aliphatic rings. The fourth-order valence-electron chi connectivity index (χ4n) is 3.75. The molecule has 0 amide bonds. The summed E-state index contributed by atoms with van der Waals surface area (Å²) in [5.74, 6) is 1.71. The molecular formula is C20H22N2. The van der Waals surface area contributed by atoms with E-state index in [-0.39, 0.29) is 5.41 Å². The Morgan fingerprint density at radius 3 is 1.91 bits per heavy atom. The Morgan fingerprint density at radius 1 is 0.909 bits per heavy atom. The van der Waals surface area contributed by atoms with E-state index in [1.807, 2.05) is 0 Å². The van der Waals surface area contributed by atoms with Crippen LogP contribution in [0.25, 0.3) is 0 Å². The van der Waals surface area contributed by atoms with Crippen LogP contribution in [0, 0.1) is 19.8 Å². The van der Waals surface area contributed by atoms with Crippen molar-refractivity contribution in [3.63, 3.8) is 0 Å². The Morgan fingerprint density at radius 2 is 1.45 bits per heavy atom. The quantitative estimate of drug-likeness (QED) is 0.917. The lowest BCUT2D eigenvalue weighted by Crippen LogP contribution is -2.25. The van der Waals surface area contributed by atoms with Crippen LogP contribution in [-0.2, 0) is 5.41 Å². The highest BCUT2D eigenvalue weighted by atomic mass is 15.1. The van der Waals surface area contributed by atoms with E-state index in [1.54, 1.807) is 0 Å². The number of nitrogens with zero attached hydrogens (tertiary/aromatic N) is 1. The molecule has 1 atom stereocenters. The molecule has 0 saturated heterocycles. The zero-order valence-electron chi connectivity index (χ0n) is 13.3. The third kappa shape index (κ3) is 2.06. The van der Waals surface area contributed by atoms with E-state index in [4.69, 9.17) is 0 Å². The largest absolute Gasteiger partial charge is 0.372 e. The van der Waals surface area contributed by atoms with Gasteiger partial charge in [-0.05, 0) is 31.4 Å². The Balaban J connectivity index is 1.79. The molecule has 1 aliphatic carbocycles. The Hall–Kier alpha value is -2.09. The van der Waals surface area contributed by atoms with Gasteiger partial charge in [-0.1, -0.05) is 59.7 Å². The molecule has 1 fully saturated rings. The molecule has 1 N–H and O–H groups in total. The van der Waals surface area contributed by atoms with Gasteiger partial charge in [0.05, 0.1) is 6.54 Å². The number of benzene rings is 2. The molecule has 1 unspecified atom stereocenters. The van der Waals surface area contributed by atoms with Crippen molar-refractivity contribution in [2.24, 2.45) is 10.9 Å². The predicted molar refractivity (Wildman–Crippen MR) is 91.5 cm³/mol. The SMILES string of the molecule is Cc1ccc(C2(c3ccc(C)cc3)CC2C2=NCCN2)cc1. The van der Waals surface area contributed by atoms with Crippen molar-refractivity contribution in [2.75, 3.05) is 13.1 Å². The standard InChI is InChI=1S/C20H22N2/c1-14-3-7-16(8-4-14)20(17-9-5-15(2)6-10-17)13-18(20)19-21-11-12-22-19/h3-10,18H,11-13H2,1-2H3,(H,21,22). The maximum atomic E-state index is 4.68. The number of rotatable bonds is 3. The number of nitrogens with one attached hydrogen (secondary N) is 1. The maximum Gasteiger partial charge on any atom is 0.101 e. The van der Waals surface area contributed by atoms with E-state index in [9.17, 15) is 0 Å². The van der Waals surface area contributed by atoms with Crippen molar-refractivity contribution in [1.29, 1.82) is 0 Å². The summed E-state index contributed by atoms with van der Waals surface area (Å²) in [7, 11) is 0. The van der Waals surface area contributed by atoms with Crippen LogP contribution in [0.5, 0.6) is 0 Å². The van der Waals surface area contributed by atoms with Crippen molar-refractivity contribution >= 4 is 5.84 Å². The number of aliphatic imine (C=N–C) groups is 1. The van der Waals surface area contributed by atoms with Crippen LogP contribution in [0.1, 0.15) is 28.7 Å². The third-order valence-electron chi connectivity index (χ3n) is 5.12. The molecule has 112 valence electrons. The summed E-state index contributed by atoms with van der Waals surface area (Å²) >= 11 is 0. The summed E-state index contributed by atoms with van der Waals surface area (Å²) in [4.78, 5) is 4.68. The van der Waals surface area contributed by atoms with E-state index >= 15 is 0 Å². The fourth-order valence-corrected chi connectivity index (χ4v) is 3.75. The molecule has 2 aromatic rings. The van der Waals surface area contributed by atoms with Crippen LogP contribution in [0.3, 0.4) is 0 Å². The second-order valence-corrected chi connectivity index (χ2v) is 6.65. The lowest BCUT2D eigenvalue weighted by atomic mass is 9.84. The lowest BCUT2D eigenvalue weighted by Gasteiger charge is -2.20. The summed E-state index contributed by atoms with van der Waals surface area (Å²) in [6, 6.07) is 18.1. The van der Waals surface area contributed by atoms with Gasteiger partial charge in [0.15, 0.2) is 0 Å². The van der Waals surface area contributed by atoms with Crippen molar-refractivity contribution in [2.45, 2.75) is 25.7 Å². The number of aryl methyl sites for hydroxylation is 2. The van der Waals surface area contributed by atoms with Crippen LogP contribution < -0.4 is 5.32 Å². The van der Waals surface area contributed by atoms with Crippen LogP contribution >= 0.6 is 0 Å². The number of amidine groups is 1. The molecule has 1 heterocycles. The summed E-state index contributed by atoms with van der Waals surface area (Å²) in [6.07, 6.45) is 1.16. The average molecular weight is 290 g/mol. The molecule has 0 bridgehead atoms. The summed E-state index contributed by atoms with van der Waals surface area (Å²) in [5.41, 5.74) is 5.58. The molecule has 1 saturated carbocycles. The van der Waals surface area contributed by atoms with Gasteiger partial charge in [-0.15, -0.1) is 0 Å². The first-order valence-electron chi connectivity index (χ1n) is 8.13. The van der Waals surface area contributed by atoms with Gasteiger partial charge in [0.1, 0.15) is 5.84 Å². The predicted octanol–water partition coefficient (Wildman–Crippen LogP) is 3.61. The van der Waals surface area contributed by atoms with E-state index in [0.717, 1.165) is 19.5 Å². The molecule has 2 heteroatoms. The zero-order chi connectivity index (χ0) is 15.2. The van der Waals surface area contributed by atoms with E-state index < -0.39 is 0 Å². The smallest absolute Gasteiger partial charge is 0.101 e. The van der Waals surface area contributed by atoms with E-state index in [1.165, 1.54) is 28.1 Å². The van der Waals surface area contributed by atoms with E-state index in [2.05, 4.69) is 72.7 Å². The average Bonchev–Trinajstić information content (AvgIpc) is 3.04. The van der Waals surface area contributed by atoms with Gasteiger partial charge in [-0.25, -0.2) is 0 Å².